The van der Waals surface area contributed by atoms with Gasteiger partial charge in [-0.15, -0.1) is 0 Å². The Morgan fingerprint density at radius 2 is 1.94 bits per heavy atom. The molecule has 0 aliphatic heterocycles. The monoisotopic (exact) mass is 301 g/mol. The van der Waals surface area contributed by atoms with Crippen LogP contribution in [0.2, 0.25) is 0 Å². The van der Waals surface area contributed by atoms with Gasteiger partial charge in [-0.2, -0.15) is 5.26 Å². The van der Waals surface area contributed by atoms with E-state index in [0.717, 1.165) is 22.4 Å². The van der Waals surface area contributed by atoms with Crippen molar-refractivity contribution >= 4 is 21.7 Å². The predicted octanol–water partition coefficient (Wildman–Crippen LogP) is 3.35. The lowest BCUT2D eigenvalue weighted by Gasteiger charge is -2.18. The quantitative estimate of drug-likeness (QED) is 0.873. The van der Waals surface area contributed by atoms with Gasteiger partial charge >= 0.3 is 0 Å². The van der Waals surface area contributed by atoms with Crippen LogP contribution in [-0.2, 0) is 6.54 Å². The van der Waals surface area contributed by atoms with E-state index in [1.165, 1.54) is 0 Å². The average molecular weight is 302 g/mol. The molecule has 2 rings (SSSR count). The number of halogens is 1. The maximum Gasteiger partial charge on any atom is 0.128 e. The predicted molar refractivity (Wildman–Crippen MR) is 75.2 cm³/mol. The van der Waals surface area contributed by atoms with E-state index in [1.807, 2.05) is 43.4 Å². The summed E-state index contributed by atoms with van der Waals surface area (Å²) in [4.78, 5) is 6.40. The van der Waals surface area contributed by atoms with Crippen molar-refractivity contribution < 1.29 is 0 Å². The van der Waals surface area contributed by atoms with Crippen LogP contribution in [0.5, 0.6) is 0 Å². The van der Waals surface area contributed by atoms with Crippen LogP contribution in [0, 0.1) is 11.3 Å². The lowest BCUT2D eigenvalue weighted by atomic mass is 10.1. The summed E-state index contributed by atoms with van der Waals surface area (Å²) >= 11 is 3.37. The number of benzene rings is 1. The van der Waals surface area contributed by atoms with Gasteiger partial charge in [0, 0.05) is 24.3 Å². The van der Waals surface area contributed by atoms with Crippen molar-refractivity contribution in [2.75, 3.05) is 11.9 Å². The highest BCUT2D eigenvalue weighted by Gasteiger charge is 2.03. The number of nitriles is 1. The molecule has 4 heteroatoms. The normalized spacial score (nSPS) is 9.83. The van der Waals surface area contributed by atoms with E-state index < -0.39 is 0 Å². The molecular formula is C14H12BrN3. The Kier molecular flexibility index (Phi) is 3.96. The third-order valence-electron chi connectivity index (χ3n) is 2.61. The fraction of sp³-hybridized carbons (Fsp3) is 0.143. The Balaban J connectivity index is 2.08. The maximum atomic E-state index is 8.74. The van der Waals surface area contributed by atoms with Gasteiger partial charge in [-0.3, -0.25) is 0 Å². The van der Waals surface area contributed by atoms with Crippen molar-refractivity contribution in [3.05, 3.63) is 58.2 Å². The van der Waals surface area contributed by atoms with Crippen molar-refractivity contribution in [1.82, 2.24) is 4.98 Å². The summed E-state index contributed by atoms with van der Waals surface area (Å²) in [5, 5.41) is 8.74. The van der Waals surface area contributed by atoms with Crippen LogP contribution < -0.4 is 4.90 Å². The van der Waals surface area contributed by atoms with E-state index in [0.29, 0.717) is 5.56 Å². The summed E-state index contributed by atoms with van der Waals surface area (Å²) in [6.07, 6.45) is 1.78. The van der Waals surface area contributed by atoms with Crippen molar-refractivity contribution in [3.8, 4) is 6.07 Å². The summed E-state index contributed by atoms with van der Waals surface area (Å²) in [7, 11) is 1.99. The molecule has 0 bridgehead atoms. The molecular weight excluding hydrogens is 290 g/mol. The highest BCUT2D eigenvalue weighted by atomic mass is 79.9. The zero-order chi connectivity index (χ0) is 13.0. The molecule has 0 amide bonds. The van der Waals surface area contributed by atoms with Gasteiger partial charge in [0.15, 0.2) is 0 Å². The molecule has 0 atom stereocenters. The molecule has 0 saturated carbocycles. The van der Waals surface area contributed by atoms with Crippen molar-refractivity contribution in [2.24, 2.45) is 0 Å². The van der Waals surface area contributed by atoms with E-state index in [4.69, 9.17) is 5.26 Å². The summed E-state index contributed by atoms with van der Waals surface area (Å²) in [6, 6.07) is 13.6. The molecule has 0 unspecified atom stereocenters. The average Bonchev–Trinajstić information content (AvgIpc) is 2.40. The van der Waals surface area contributed by atoms with E-state index in [1.54, 1.807) is 6.20 Å². The molecule has 0 spiro atoms. The number of aromatic nitrogens is 1. The molecule has 1 aromatic heterocycles. The second-order valence-corrected chi connectivity index (χ2v) is 4.92. The molecule has 1 heterocycles. The number of anilines is 1. The molecule has 0 saturated heterocycles. The first-order chi connectivity index (χ1) is 8.69. The largest absolute Gasteiger partial charge is 0.355 e. The fourth-order valence-corrected chi connectivity index (χ4v) is 1.87. The second-order valence-electron chi connectivity index (χ2n) is 4.00. The number of hydrogen-bond acceptors (Lipinski definition) is 3. The van der Waals surface area contributed by atoms with E-state index >= 15 is 0 Å². The van der Waals surface area contributed by atoms with Crippen molar-refractivity contribution in [1.29, 1.82) is 5.26 Å². The molecule has 90 valence electrons. The van der Waals surface area contributed by atoms with Gasteiger partial charge < -0.3 is 4.90 Å². The van der Waals surface area contributed by atoms with Crippen LogP contribution in [0.25, 0.3) is 0 Å². The highest BCUT2D eigenvalue weighted by molar-refractivity contribution is 9.10. The lowest BCUT2D eigenvalue weighted by molar-refractivity contribution is 0.897. The van der Waals surface area contributed by atoms with Gasteiger partial charge in [-0.05, 0) is 45.8 Å². The molecule has 1 aromatic carbocycles. The van der Waals surface area contributed by atoms with E-state index in [-0.39, 0.29) is 0 Å². The van der Waals surface area contributed by atoms with Crippen LogP contribution >= 0.6 is 15.9 Å². The SMILES string of the molecule is CN(Cc1ccc(C#N)cc1)c1ccc(Br)cn1. The number of rotatable bonds is 3. The molecule has 0 fully saturated rings. The molecule has 2 aromatic rings. The zero-order valence-electron chi connectivity index (χ0n) is 9.97. The van der Waals surface area contributed by atoms with Crippen LogP contribution in [0.4, 0.5) is 5.82 Å². The van der Waals surface area contributed by atoms with Crippen molar-refractivity contribution in [3.63, 3.8) is 0 Å². The minimum Gasteiger partial charge on any atom is -0.355 e. The second kappa shape index (κ2) is 5.65. The first-order valence-electron chi connectivity index (χ1n) is 5.51. The van der Waals surface area contributed by atoms with Gasteiger partial charge in [0.05, 0.1) is 11.6 Å². The third kappa shape index (κ3) is 3.08. The van der Waals surface area contributed by atoms with Gasteiger partial charge in [-0.1, -0.05) is 12.1 Å². The van der Waals surface area contributed by atoms with Gasteiger partial charge in [0.25, 0.3) is 0 Å². The van der Waals surface area contributed by atoms with Gasteiger partial charge in [0.2, 0.25) is 0 Å². The summed E-state index contributed by atoms with van der Waals surface area (Å²) in [5.41, 5.74) is 1.84. The summed E-state index contributed by atoms with van der Waals surface area (Å²) < 4.78 is 0.970. The minimum atomic E-state index is 0.683. The van der Waals surface area contributed by atoms with Crippen LogP contribution in [0.3, 0.4) is 0 Å². The first kappa shape index (κ1) is 12.6. The Bertz CT molecular complexity index is 555. The smallest absolute Gasteiger partial charge is 0.128 e. The third-order valence-corrected chi connectivity index (χ3v) is 3.07. The Morgan fingerprint density at radius 1 is 1.22 bits per heavy atom. The molecule has 3 nitrogen and oxygen atoms in total. The molecule has 0 aliphatic carbocycles. The lowest BCUT2D eigenvalue weighted by Crippen LogP contribution is -2.17. The maximum absolute atomic E-state index is 8.74. The fourth-order valence-electron chi connectivity index (χ4n) is 1.63. The van der Waals surface area contributed by atoms with Crippen LogP contribution in [-0.4, -0.2) is 12.0 Å². The number of nitrogens with zero attached hydrogens (tertiary/aromatic N) is 3. The standard InChI is InChI=1S/C14H12BrN3/c1-18(14-7-6-13(15)9-17-14)10-12-4-2-11(8-16)3-5-12/h2-7,9H,10H2,1H3. The van der Waals surface area contributed by atoms with Crippen molar-refractivity contribution in [2.45, 2.75) is 6.54 Å². The zero-order valence-corrected chi connectivity index (χ0v) is 11.6. The van der Waals surface area contributed by atoms with Crippen LogP contribution in [0.15, 0.2) is 47.1 Å². The van der Waals surface area contributed by atoms with E-state index in [9.17, 15) is 0 Å². The topological polar surface area (TPSA) is 39.9 Å². The Hall–Kier alpha value is -1.86. The van der Waals surface area contributed by atoms with Crippen LogP contribution in [0.1, 0.15) is 11.1 Å². The summed E-state index contributed by atoms with van der Waals surface area (Å²) in [5.74, 6) is 0.919. The molecule has 0 aliphatic rings. The van der Waals surface area contributed by atoms with Gasteiger partial charge in [0.1, 0.15) is 5.82 Å². The molecule has 0 N–H and O–H groups in total. The first-order valence-corrected chi connectivity index (χ1v) is 6.30. The number of hydrogen-bond donors (Lipinski definition) is 0. The highest BCUT2D eigenvalue weighted by Crippen LogP contribution is 2.16. The van der Waals surface area contributed by atoms with Gasteiger partial charge in [-0.25, -0.2) is 4.98 Å². The Morgan fingerprint density at radius 3 is 2.50 bits per heavy atom. The molecule has 0 radical (unpaired) electrons. The Labute approximate surface area is 115 Å². The number of pyridine rings is 1. The molecule has 18 heavy (non-hydrogen) atoms. The summed E-state index contributed by atoms with van der Waals surface area (Å²) in [6.45, 7) is 0.764. The van der Waals surface area contributed by atoms with E-state index in [2.05, 4.69) is 31.9 Å². The minimum absolute atomic E-state index is 0.683.